The number of carbonyl (C=O) groups is 3. The minimum absolute atomic E-state index is 0.107. The van der Waals surface area contributed by atoms with Crippen LogP contribution in [0.5, 0.6) is 0 Å². The lowest BCUT2D eigenvalue weighted by atomic mass is 10.2. The van der Waals surface area contributed by atoms with E-state index >= 15 is 0 Å². The zero-order valence-electron chi connectivity index (χ0n) is 13.3. The second-order valence-electron chi connectivity index (χ2n) is 5.24. The summed E-state index contributed by atoms with van der Waals surface area (Å²) in [5.41, 5.74) is 0. The van der Waals surface area contributed by atoms with Gasteiger partial charge in [0, 0.05) is 25.6 Å². The third-order valence-electron chi connectivity index (χ3n) is 3.69. The Bertz CT molecular complexity index is 587. The molecule has 0 bridgehead atoms. The third kappa shape index (κ3) is 4.29. The van der Waals surface area contributed by atoms with Gasteiger partial charge in [0.15, 0.2) is 0 Å². The number of hydrogen-bond acceptors (Lipinski definition) is 5. The first-order valence-corrected chi connectivity index (χ1v) is 8.25. The second-order valence-corrected chi connectivity index (χ2v) is 6.41. The van der Waals surface area contributed by atoms with Crippen molar-refractivity contribution in [2.75, 3.05) is 27.2 Å². The third-order valence-corrected chi connectivity index (χ3v) is 4.75. The molecule has 0 aliphatic carbocycles. The number of methoxy groups -OCH3 is 1. The van der Waals surface area contributed by atoms with Crippen molar-refractivity contribution in [2.24, 2.45) is 0 Å². The highest BCUT2D eigenvalue weighted by molar-refractivity contribution is 7.14. The van der Waals surface area contributed by atoms with Gasteiger partial charge in [-0.25, -0.2) is 0 Å². The van der Waals surface area contributed by atoms with Crippen LogP contribution < -0.4 is 10.6 Å². The van der Waals surface area contributed by atoms with Gasteiger partial charge in [-0.2, -0.15) is 0 Å². The highest BCUT2D eigenvalue weighted by atomic mass is 32.1. The minimum Gasteiger partial charge on any atom is -0.379 e. The van der Waals surface area contributed by atoms with Crippen LogP contribution in [0.3, 0.4) is 0 Å². The predicted octanol–water partition coefficient (Wildman–Crippen LogP) is 0.361. The molecule has 1 aromatic heterocycles. The molecule has 1 aliphatic heterocycles. The standard InChI is InChI=1S/C15H21N3O4S/c1-16-14(20)11-4-3-7-18(11)13(19)8-17-15(21)12-6-5-10(23-12)9-22-2/h5-6,11H,3-4,7-9H2,1-2H3,(H,16,20)(H,17,21). The van der Waals surface area contributed by atoms with E-state index in [9.17, 15) is 14.4 Å². The van der Waals surface area contributed by atoms with E-state index in [0.29, 0.717) is 24.4 Å². The summed E-state index contributed by atoms with van der Waals surface area (Å²) in [5, 5.41) is 5.18. The van der Waals surface area contributed by atoms with Crippen LogP contribution in [-0.2, 0) is 20.9 Å². The number of thiophene rings is 1. The predicted molar refractivity (Wildman–Crippen MR) is 86.2 cm³/mol. The summed E-state index contributed by atoms with van der Waals surface area (Å²) in [5.74, 6) is -0.691. The maximum Gasteiger partial charge on any atom is 0.261 e. The minimum atomic E-state index is -0.431. The molecular weight excluding hydrogens is 318 g/mol. The first-order chi connectivity index (χ1) is 11.1. The summed E-state index contributed by atoms with van der Waals surface area (Å²) in [4.78, 5) is 39.1. The average molecular weight is 339 g/mol. The molecule has 0 aromatic carbocycles. The quantitative estimate of drug-likeness (QED) is 0.783. The molecule has 1 saturated heterocycles. The van der Waals surface area contributed by atoms with E-state index in [2.05, 4.69) is 10.6 Å². The summed E-state index contributed by atoms with van der Waals surface area (Å²) in [7, 11) is 3.15. The number of carbonyl (C=O) groups excluding carboxylic acids is 3. The average Bonchev–Trinajstić information content (AvgIpc) is 3.21. The molecule has 7 nitrogen and oxygen atoms in total. The Hall–Kier alpha value is -1.93. The first-order valence-electron chi connectivity index (χ1n) is 7.43. The molecule has 1 aliphatic rings. The van der Waals surface area contributed by atoms with Crippen LogP contribution in [0.2, 0.25) is 0 Å². The molecule has 0 radical (unpaired) electrons. The number of likely N-dealkylation sites (tertiary alicyclic amines) is 1. The Morgan fingerprint density at radius 1 is 1.39 bits per heavy atom. The van der Waals surface area contributed by atoms with Crippen molar-refractivity contribution in [2.45, 2.75) is 25.5 Å². The Morgan fingerprint density at radius 2 is 2.17 bits per heavy atom. The highest BCUT2D eigenvalue weighted by Crippen LogP contribution is 2.18. The van der Waals surface area contributed by atoms with Crippen LogP contribution in [-0.4, -0.2) is 55.9 Å². The lowest BCUT2D eigenvalue weighted by Crippen LogP contribution is -2.48. The molecule has 1 aromatic rings. The van der Waals surface area contributed by atoms with E-state index in [1.807, 2.05) is 6.07 Å². The molecule has 2 rings (SSSR count). The van der Waals surface area contributed by atoms with Crippen LogP contribution in [0.4, 0.5) is 0 Å². The zero-order valence-corrected chi connectivity index (χ0v) is 14.1. The fraction of sp³-hybridized carbons (Fsp3) is 0.533. The summed E-state index contributed by atoms with van der Waals surface area (Å²) in [6.45, 7) is 0.895. The van der Waals surface area contributed by atoms with Crippen molar-refractivity contribution in [3.8, 4) is 0 Å². The van der Waals surface area contributed by atoms with Gasteiger partial charge >= 0.3 is 0 Å². The topological polar surface area (TPSA) is 87.7 Å². The van der Waals surface area contributed by atoms with Gasteiger partial charge in [0.25, 0.3) is 5.91 Å². The van der Waals surface area contributed by atoms with E-state index in [1.54, 1.807) is 20.2 Å². The lowest BCUT2D eigenvalue weighted by Gasteiger charge is -2.23. The fourth-order valence-electron chi connectivity index (χ4n) is 2.57. The number of nitrogens with one attached hydrogen (secondary N) is 2. The Labute approximate surface area is 139 Å². The zero-order chi connectivity index (χ0) is 16.8. The van der Waals surface area contributed by atoms with Gasteiger partial charge < -0.3 is 20.3 Å². The van der Waals surface area contributed by atoms with Crippen molar-refractivity contribution in [1.82, 2.24) is 15.5 Å². The highest BCUT2D eigenvalue weighted by Gasteiger charge is 2.33. The van der Waals surface area contributed by atoms with Gasteiger partial charge in [0.05, 0.1) is 18.0 Å². The summed E-state index contributed by atoms with van der Waals surface area (Å²) in [6, 6.07) is 3.11. The maximum absolute atomic E-state index is 12.2. The van der Waals surface area contributed by atoms with E-state index < -0.39 is 6.04 Å². The molecule has 126 valence electrons. The number of amides is 3. The largest absolute Gasteiger partial charge is 0.379 e. The SMILES string of the molecule is CNC(=O)C1CCCN1C(=O)CNC(=O)c1ccc(COC)s1. The van der Waals surface area contributed by atoms with E-state index in [1.165, 1.54) is 16.2 Å². The lowest BCUT2D eigenvalue weighted by molar-refractivity contribution is -0.137. The van der Waals surface area contributed by atoms with E-state index in [4.69, 9.17) is 4.74 Å². The molecule has 23 heavy (non-hydrogen) atoms. The molecule has 0 spiro atoms. The van der Waals surface area contributed by atoms with Crippen molar-refractivity contribution in [1.29, 1.82) is 0 Å². The number of ether oxygens (including phenoxy) is 1. The van der Waals surface area contributed by atoms with Crippen molar-refractivity contribution >= 4 is 29.1 Å². The van der Waals surface area contributed by atoms with Crippen LogP contribution in [0, 0.1) is 0 Å². The summed E-state index contributed by atoms with van der Waals surface area (Å²) >= 11 is 1.33. The number of rotatable bonds is 6. The van der Waals surface area contributed by atoms with E-state index in [-0.39, 0.29) is 24.3 Å². The Morgan fingerprint density at radius 3 is 2.87 bits per heavy atom. The van der Waals surface area contributed by atoms with Crippen LogP contribution >= 0.6 is 11.3 Å². The van der Waals surface area contributed by atoms with Crippen molar-refractivity contribution in [3.05, 3.63) is 21.9 Å². The molecule has 2 N–H and O–H groups in total. The second kappa shape index (κ2) is 8.07. The molecule has 1 atom stereocenters. The van der Waals surface area contributed by atoms with Crippen molar-refractivity contribution in [3.63, 3.8) is 0 Å². The smallest absolute Gasteiger partial charge is 0.261 e. The normalized spacial score (nSPS) is 17.1. The van der Waals surface area contributed by atoms with Gasteiger partial charge in [-0.3, -0.25) is 14.4 Å². The molecular formula is C15H21N3O4S. The Balaban J connectivity index is 1.88. The van der Waals surface area contributed by atoms with Crippen LogP contribution in [0.25, 0.3) is 0 Å². The molecule has 2 heterocycles. The fourth-order valence-corrected chi connectivity index (χ4v) is 3.47. The van der Waals surface area contributed by atoms with Gasteiger partial charge in [-0.1, -0.05) is 0 Å². The maximum atomic E-state index is 12.2. The number of likely N-dealkylation sites (N-methyl/N-ethyl adjacent to an activating group) is 1. The number of hydrogen-bond donors (Lipinski definition) is 2. The summed E-state index contributed by atoms with van der Waals surface area (Å²) in [6.07, 6.45) is 1.45. The number of nitrogens with zero attached hydrogens (tertiary/aromatic N) is 1. The molecule has 1 unspecified atom stereocenters. The van der Waals surface area contributed by atoms with Gasteiger partial charge in [-0.15, -0.1) is 11.3 Å². The van der Waals surface area contributed by atoms with Crippen molar-refractivity contribution < 1.29 is 19.1 Å². The molecule has 3 amide bonds. The van der Waals surface area contributed by atoms with Gasteiger partial charge in [0.1, 0.15) is 6.04 Å². The van der Waals surface area contributed by atoms with Gasteiger partial charge in [0.2, 0.25) is 11.8 Å². The van der Waals surface area contributed by atoms with E-state index in [0.717, 1.165) is 11.3 Å². The monoisotopic (exact) mass is 339 g/mol. The van der Waals surface area contributed by atoms with Crippen LogP contribution in [0.1, 0.15) is 27.4 Å². The first kappa shape index (κ1) is 17.4. The Kier molecular flexibility index (Phi) is 6.12. The van der Waals surface area contributed by atoms with Gasteiger partial charge in [-0.05, 0) is 25.0 Å². The molecule has 1 fully saturated rings. The molecule has 8 heteroatoms. The summed E-state index contributed by atoms with van der Waals surface area (Å²) < 4.78 is 5.01. The molecule has 0 saturated carbocycles. The van der Waals surface area contributed by atoms with Crippen LogP contribution in [0.15, 0.2) is 12.1 Å².